The first-order valence-electron chi connectivity index (χ1n) is 8.66. The fourth-order valence-electron chi connectivity index (χ4n) is 3.38. The van der Waals surface area contributed by atoms with Crippen LogP contribution in [0, 0.1) is 0 Å². The van der Waals surface area contributed by atoms with E-state index in [4.69, 9.17) is 16.3 Å². The maximum absolute atomic E-state index is 13.0. The quantitative estimate of drug-likeness (QED) is 0.643. The van der Waals surface area contributed by atoms with E-state index < -0.39 is 0 Å². The van der Waals surface area contributed by atoms with Gasteiger partial charge in [-0.15, -0.1) is 0 Å². The van der Waals surface area contributed by atoms with Crippen molar-refractivity contribution in [3.05, 3.63) is 76.8 Å². The van der Waals surface area contributed by atoms with Crippen molar-refractivity contribution < 1.29 is 9.53 Å². The molecular weight excluding hydrogens is 362 g/mol. The van der Waals surface area contributed by atoms with Gasteiger partial charge in [0.2, 0.25) is 0 Å². The number of hydrogen-bond acceptors (Lipinski definition) is 4. The summed E-state index contributed by atoms with van der Waals surface area (Å²) in [7, 11) is 1.64. The van der Waals surface area contributed by atoms with E-state index in [1.165, 1.54) is 0 Å². The molecule has 6 heteroatoms. The molecule has 0 aliphatic carbocycles. The number of aromatic nitrogens is 2. The van der Waals surface area contributed by atoms with Gasteiger partial charge in [-0.25, -0.2) is 4.98 Å². The average Bonchev–Trinajstić information content (AvgIpc) is 2.70. The van der Waals surface area contributed by atoms with Gasteiger partial charge in [-0.05, 0) is 47.4 Å². The van der Waals surface area contributed by atoms with Crippen LogP contribution in [0.2, 0.25) is 5.15 Å². The van der Waals surface area contributed by atoms with Crippen LogP contribution in [-0.2, 0) is 13.0 Å². The highest BCUT2D eigenvalue weighted by molar-refractivity contribution is 6.29. The second-order valence-electron chi connectivity index (χ2n) is 6.41. The smallest absolute Gasteiger partial charge is 0.256 e. The fraction of sp³-hybridized carbons (Fsp3) is 0.190. The molecule has 1 amide bonds. The molecule has 136 valence electrons. The van der Waals surface area contributed by atoms with Gasteiger partial charge in [0.1, 0.15) is 10.9 Å². The number of methoxy groups -OCH3 is 1. The molecule has 3 aromatic rings. The highest BCUT2D eigenvalue weighted by Gasteiger charge is 2.27. The Labute approximate surface area is 162 Å². The van der Waals surface area contributed by atoms with E-state index in [-0.39, 0.29) is 5.91 Å². The summed E-state index contributed by atoms with van der Waals surface area (Å²) in [5, 5.41) is 0.424. The number of ether oxygens (including phenoxy) is 1. The van der Waals surface area contributed by atoms with E-state index in [0.717, 1.165) is 34.4 Å². The summed E-state index contributed by atoms with van der Waals surface area (Å²) in [4.78, 5) is 23.2. The van der Waals surface area contributed by atoms with Gasteiger partial charge in [0.05, 0.1) is 12.7 Å². The Kier molecular flexibility index (Phi) is 4.77. The number of halogens is 1. The molecule has 0 spiro atoms. The minimum absolute atomic E-state index is 0.00145. The standard InChI is InChI=1S/C21H18ClN3O2/c1-27-16-4-2-14(3-5-16)13-25-9-7-17-18(11-23-12-19(17)21(25)26)15-6-8-24-20(22)10-15/h2-6,8,10-12H,7,9,13H2,1H3. The highest BCUT2D eigenvalue weighted by Crippen LogP contribution is 2.30. The van der Waals surface area contributed by atoms with E-state index in [0.29, 0.717) is 23.8 Å². The summed E-state index contributed by atoms with van der Waals surface area (Å²) in [6.45, 7) is 1.22. The molecule has 3 heterocycles. The van der Waals surface area contributed by atoms with Crippen LogP contribution in [0.3, 0.4) is 0 Å². The number of amides is 1. The molecule has 0 unspecified atom stereocenters. The topological polar surface area (TPSA) is 55.3 Å². The van der Waals surface area contributed by atoms with Gasteiger partial charge < -0.3 is 9.64 Å². The number of nitrogens with zero attached hydrogens (tertiary/aromatic N) is 3. The summed E-state index contributed by atoms with van der Waals surface area (Å²) in [5.41, 5.74) is 4.60. The number of carbonyl (C=O) groups excluding carboxylic acids is 1. The molecule has 1 aromatic carbocycles. The van der Waals surface area contributed by atoms with Gasteiger partial charge in [-0.3, -0.25) is 9.78 Å². The minimum atomic E-state index is 0.00145. The van der Waals surface area contributed by atoms with Gasteiger partial charge in [-0.1, -0.05) is 23.7 Å². The van der Waals surface area contributed by atoms with E-state index in [9.17, 15) is 4.79 Å². The Morgan fingerprint density at radius 2 is 1.93 bits per heavy atom. The lowest BCUT2D eigenvalue weighted by molar-refractivity contribution is 0.0726. The summed E-state index contributed by atoms with van der Waals surface area (Å²) in [6.07, 6.45) is 5.88. The van der Waals surface area contributed by atoms with Crippen molar-refractivity contribution in [2.24, 2.45) is 0 Å². The van der Waals surface area contributed by atoms with Crippen LogP contribution in [-0.4, -0.2) is 34.4 Å². The number of carbonyl (C=O) groups is 1. The fourth-order valence-corrected chi connectivity index (χ4v) is 3.55. The van der Waals surface area contributed by atoms with Crippen molar-refractivity contribution in [1.29, 1.82) is 0 Å². The maximum atomic E-state index is 13.0. The number of rotatable bonds is 4. The van der Waals surface area contributed by atoms with Crippen LogP contribution < -0.4 is 4.74 Å². The first-order chi connectivity index (χ1) is 13.2. The van der Waals surface area contributed by atoms with Gasteiger partial charge in [0.15, 0.2) is 0 Å². The third kappa shape index (κ3) is 3.51. The molecule has 27 heavy (non-hydrogen) atoms. The Morgan fingerprint density at radius 3 is 2.67 bits per heavy atom. The predicted molar refractivity (Wildman–Crippen MR) is 104 cm³/mol. The molecule has 0 saturated heterocycles. The zero-order chi connectivity index (χ0) is 18.8. The summed E-state index contributed by atoms with van der Waals surface area (Å²) < 4.78 is 5.19. The van der Waals surface area contributed by atoms with Crippen LogP contribution in [0.5, 0.6) is 5.75 Å². The first-order valence-corrected chi connectivity index (χ1v) is 9.04. The molecule has 0 atom stereocenters. The van der Waals surface area contributed by atoms with Crippen LogP contribution >= 0.6 is 11.6 Å². The summed E-state index contributed by atoms with van der Waals surface area (Å²) >= 11 is 6.03. The molecule has 0 radical (unpaired) electrons. The van der Waals surface area contributed by atoms with E-state index in [1.54, 1.807) is 31.8 Å². The molecule has 4 rings (SSSR count). The first kappa shape index (κ1) is 17.5. The van der Waals surface area contributed by atoms with Crippen LogP contribution in [0.1, 0.15) is 21.5 Å². The van der Waals surface area contributed by atoms with Crippen molar-refractivity contribution in [3.8, 4) is 16.9 Å². The lowest BCUT2D eigenvalue weighted by Crippen LogP contribution is -2.37. The van der Waals surface area contributed by atoms with Crippen molar-refractivity contribution in [1.82, 2.24) is 14.9 Å². The van der Waals surface area contributed by atoms with Crippen molar-refractivity contribution in [2.45, 2.75) is 13.0 Å². The highest BCUT2D eigenvalue weighted by atomic mass is 35.5. The van der Waals surface area contributed by atoms with Crippen molar-refractivity contribution >= 4 is 17.5 Å². The lowest BCUT2D eigenvalue weighted by Gasteiger charge is -2.29. The Hall–Kier alpha value is -2.92. The van der Waals surface area contributed by atoms with E-state index in [2.05, 4.69) is 9.97 Å². The second kappa shape index (κ2) is 7.37. The average molecular weight is 380 g/mol. The monoisotopic (exact) mass is 379 g/mol. The second-order valence-corrected chi connectivity index (χ2v) is 6.79. The molecule has 0 fully saturated rings. The predicted octanol–water partition coefficient (Wildman–Crippen LogP) is 4.00. The molecule has 1 aliphatic rings. The molecule has 1 aliphatic heterocycles. The van der Waals surface area contributed by atoms with Gasteiger partial charge in [0.25, 0.3) is 5.91 Å². The number of hydrogen-bond donors (Lipinski definition) is 0. The SMILES string of the molecule is COc1ccc(CN2CCc3c(cncc3-c3ccnc(Cl)c3)C2=O)cc1. The Morgan fingerprint density at radius 1 is 1.15 bits per heavy atom. The van der Waals surface area contributed by atoms with Gasteiger partial charge >= 0.3 is 0 Å². The van der Waals surface area contributed by atoms with Crippen molar-refractivity contribution in [2.75, 3.05) is 13.7 Å². The summed E-state index contributed by atoms with van der Waals surface area (Å²) in [6, 6.07) is 11.5. The summed E-state index contributed by atoms with van der Waals surface area (Å²) in [5.74, 6) is 0.806. The molecule has 0 saturated carbocycles. The maximum Gasteiger partial charge on any atom is 0.256 e. The molecule has 5 nitrogen and oxygen atoms in total. The molecule has 0 bridgehead atoms. The molecular formula is C21H18ClN3O2. The van der Waals surface area contributed by atoms with Crippen LogP contribution in [0.4, 0.5) is 0 Å². The number of fused-ring (bicyclic) bond motifs is 1. The van der Waals surface area contributed by atoms with Crippen LogP contribution in [0.15, 0.2) is 55.0 Å². The van der Waals surface area contributed by atoms with Crippen LogP contribution in [0.25, 0.3) is 11.1 Å². The van der Waals surface area contributed by atoms with Gasteiger partial charge in [0, 0.05) is 37.2 Å². The number of benzene rings is 1. The van der Waals surface area contributed by atoms with Crippen molar-refractivity contribution in [3.63, 3.8) is 0 Å². The van der Waals surface area contributed by atoms with E-state index in [1.807, 2.05) is 35.2 Å². The third-order valence-electron chi connectivity index (χ3n) is 4.78. The van der Waals surface area contributed by atoms with E-state index >= 15 is 0 Å². The largest absolute Gasteiger partial charge is 0.497 e. The van der Waals surface area contributed by atoms with Gasteiger partial charge in [-0.2, -0.15) is 0 Å². The molecule has 0 N–H and O–H groups in total. The third-order valence-corrected chi connectivity index (χ3v) is 4.98. The number of pyridine rings is 2. The lowest BCUT2D eigenvalue weighted by atomic mass is 9.93. The minimum Gasteiger partial charge on any atom is -0.497 e. The zero-order valence-corrected chi connectivity index (χ0v) is 15.6. The zero-order valence-electron chi connectivity index (χ0n) is 14.9. The normalized spacial score (nSPS) is 13.4. The Balaban J connectivity index is 1.62. The Bertz CT molecular complexity index is 989. The molecule has 2 aromatic heterocycles.